The molecule has 0 unspecified atom stereocenters. The molecule has 5 nitrogen and oxygen atoms in total. The Kier molecular flexibility index (Phi) is 6.75. The van der Waals surface area contributed by atoms with Crippen molar-refractivity contribution in [3.05, 3.63) is 53.7 Å². The van der Waals surface area contributed by atoms with Gasteiger partial charge in [-0.15, -0.1) is 0 Å². The van der Waals surface area contributed by atoms with Crippen molar-refractivity contribution in [2.45, 2.75) is 19.8 Å². The fourth-order valence-electron chi connectivity index (χ4n) is 2.37. The van der Waals surface area contributed by atoms with Crippen LogP contribution >= 0.6 is 0 Å². The topological polar surface area (TPSA) is 57.3 Å². The van der Waals surface area contributed by atoms with Crippen molar-refractivity contribution in [2.75, 3.05) is 37.8 Å². The summed E-state index contributed by atoms with van der Waals surface area (Å²) in [7, 11) is 4.13. The van der Waals surface area contributed by atoms with Crippen LogP contribution in [0.15, 0.2) is 42.6 Å². The van der Waals surface area contributed by atoms with E-state index in [2.05, 4.69) is 34.6 Å². The van der Waals surface area contributed by atoms with Crippen LogP contribution < -0.4 is 10.6 Å². The van der Waals surface area contributed by atoms with Crippen molar-refractivity contribution in [3.63, 3.8) is 0 Å². The molecule has 2 N–H and O–H groups in total. The van der Waals surface area contributed by atoms with Gasteiger partial charge in [0.05, 0.1) is 18.3 Å². The molecule has 2 aromatic rings. The quantitative estimate of drug-likeness (QED) is 0.732. The second kappa shape index (κ2) is 9.03. The normalized spacial score (nSPS) is 10.7. The zero-order chi connectivity index (χ0) is 17.4. The molecule has 0 fully saturated rings. The van der Waals surface area contributed by atoms with Crippen molar-refractivity contribution < 1.29 is 4.79 Å². The molecule has 1 heterocycles. The summed E-state index contributed by atoms with van der Waals surface area (Å²) in [6, 6.07) is 11.7. The number of nitrogens with zero attached hydrogens (tertiary/aromatic N) is 2. The van der Waals surface area contributed by atoms with Crippen molar-refractivity contribution in [2.24, 2.45) is 0 Å². The molecular weight excluding hydrogens is 300 g/mol. The third kappa shape index (κ3) is 6.01. The number of hydrogen-bond donors (Lipinski definition) is 2. The highest BCUT2D eigenvalue weighted by Crippen LogP contribution is 2.12. The van der Waals surface area contributed by atoms with E-state index >= 15 is 0 Å². The second-order valence-electron chi connectivity index (χ2n) is 6.17. The molecule has 0 atom stereocenters. The van der Waals surface area contributed by atoms with Crippen molar-refractivity contribution in [3.8, 4) is 0 Å². The third-order valence-corrected chi connectivity index (χ3v) is 3.75. The summed E-state index contributed by atoms with van der Waals surface area (Å²) in [5.41, 5.74) is 3.12. The zero-order valence-corrected chi connectivity index (χ0v) is 14.7. The van der Waals surface area contributed by atoms with Gasteiger partial charge in [-0.2, -0.15) is 0 Å². The standard InChI is InChI=1S/C19H26N4O/c1-15-7-4-5-8-16(15)13-19(24)22-18-10-9-17(14-21-18)20-11-6-12-23(2)3/h4-5,7-10,14,20H,6,11-13H2,1-3H3,(H,21,22,24). The number of hydrogen-bond acceptors (Lipinski definition) is 4. The molecule has 0 saturated carbocycles. The van der Waals surface area contributed by atoms with Gasteiger partial charge in [0.15, 0.2) is 0 Å². The van der Waals surface area contributed by atoms with Gasteiger partial charge in [0, 0.05) is 6.54 Å². The number of aromatic nitrogens is 1. The lowest BCUT2D eigenvalue weighted by atomic mass is 10.1. The van der Waals surface area contributed by atoms with Gasteiger partial charge in [0.25, 0.3) is 0 Å². The maximum absolute atomic E-state index is 12.1. The minimum Gasteiger partial charge on any atom is -0.384 e. The summed E-state index contributed by atoms with van der Waals surface area (Å²) >= 11 is 0. The molecule has 0 bridgehead atoms. The summed E-state index contributed by atoms with van der Waals surface area (Å²) in [6.45, 7) is 3.96. The van der Waals surface area contributed by atoms with E-state index in [1.54, 1.807) is 6.20 Å². The third-order valence-electron chi connectivity index (χ3n) is 3.75. The maximum Gasteiger partial charge on any atom is 0.229 e. The van der Waals surface area contributed by atoms with E-state index in [0.717, 1.165) is 36.3 Å². The number of carbonyl (C=O) groups excluding carboxylic acids is 1. The fourth-order valence-corrected chi connectivity index (χ4v) is 2.37. The second-order valence-corrected chi connectivity index (χ2v) is 6.17. The first-order valence-electron chi connectivity index (χ1n) is 8.23. The van der Waals surface area contributed by atoms with E-state index in [1.807, 2.05) is 43.3 Å². The number of amides is 1. The number of rotatable bonds is 8. The molecule has 1 amide bonds. The molecule has 24 heavy (non-hydrogen) atoms. The molecule has 0 aliphatic rings. The van der Waals surface area contributed by atoms with E-state index < -0.39 is 0 Å². The monoisotopic (exact) mass is 326 g/mol. The van der Waals surface area contributed by atoms with Crippen LogP contribution in [0.1, 0.15) is 17.5 Å². The van der Waals surface area contributed by atoms with Crippen molar-refractivity contribution >= 4 is 17.4 Å². The molecule has 0 spiro atoms. The van der Waals surface area contributed by atoms with Gasteiger partial charge in [-0.1, -0.05) is 24.3 Å². The Bertz CT molecular complexity index is 653. The van der Waals surface area contributed by atoms with Gasteiger partial charge in [0.2, 0.25) is 5.91 Å². The predicted molar refractivity (Wildman–Crippen MR) is 99.4 cm³/mol. The average Bonchev–Trinajstić information content (AvgIpc) is 2.55. The zero-order valence-electron chi connectivity index (χ0n) is 14.7. The Balaban J connectivity index is 1.80. The summed E-state index contributed by atoms with van der Waals surface area (Å²) in [5, 5.41) is 6.17. The number of pyridine rings is 1. The molecule has 1 aromatic heterocycles. The Morgan fingerprint density at radius 3 is 2.62 bits per heavy atom. The van der Waals surface area contributed by atoms with Gasteiger partial charge in [0.1, 0.15) is 5.82 Å². The SMILES string of the molecule is Cc1ccccc1CC(=O)Nc1ccc(NCCCN(C)C)cn1. The Labute approximate surface area is 144 Å². The number of nitrogens with one attached hydrogen (secondary N) is 2. The van der Waals surface area contributed by atoms with Crippen LogP contribution in [0.4, 0.5) is 11.5 Å². The number of anilines is 2. The van der Waals surface area contributed by atoms with Crippen molar-refractivity contribution in [1.29, 1.82) is 0 Å². The lowest BCUT2D eigenvalue weighted by Crippen LogP contribution is -2.17. The highest BCUT2D eigenvalue weighted by Gasteiger charge is 2.06. The van der Waals surface area contributed by atoms with Gasteiger partial charge in [-0.3, -0.25) is 4.79 Å². The van der Waals surface area contributed by atoms with Gasteiger partial charge >= 0.3 is 0 Å². The van der Waals surface area contributed by atoms with Crippen LogP contribution in [0.25, 0.3) is 0 Å². The highest BCUT2D eigenvalue weighted by atomic mass is 16.1. The van der Waals surface area contributed by atoms with Crippen LogP contribution in [0, 0.1) is 6.92 Å². The lowest BCUT2D eigenvalue weighted by Gasteiger charge is -2.11. The minimum atomic E-state index is -0.0523. The van der Waals surface area contributed by atoms with E-state index in [0.29, 0.717) is 12.2 Å². The first-order chi connectivity index (χ1) is 11.5. The van der Waals surface area contributed by atoms with Crippen LogP contribution in [0.5, 0.6) is 0 Å². The fraction of sp³-hybridized carbons (Fsp3) is 0.368. The van der Waals surface area contributed by atoms with E-state index in [1.165, 1.54) is 0 Å². The Hall–Kier alpha value is -2.40. The molecule has 5 heteroatoms. The molecular formula is C19H26N4O. The largest absolute Gasteiger partial charge is 0.384 e. The molecule has 128 valence electrons. The highest BCUT2D eigenvalue weighted by molar-refractivity contribution is 5.91. The smallest absolute Gasteiger partial charge is 0.229 e. The number of aryl methyl sites for hydroxylation is 1. The summed E-state index contributed by atoms with van der Waals surface area (Å²) in [6.07, 6.45) is 3.18. The molecule has 0 radical (unpaired) electrons. The van der Waals surface area contributed by atoms with E-state index in [9.17, 15) is 4.79 Å². The van der Waals surface area contributed by atoms with Crippen LogP contribution in [0.2, 0.25) is 0 Å². The number of benzene rings is 1. The molecule has 0 saturated heterocycles. The molecule has 0 aliphatic carbocycles. The summed E-state index contributed by atoms with van der Waals surface area (Å²) in [5.74, 6) is 0.524. The Morgan fingerprint density at radius 2 is 1.96 bits per heavy atom. The minimum absolute atomic E-state index is 0.0523. The summed E-state index contributed by atoms with van der Waals surface area (Å²) in [4.78, 5) is 18.6. The van der Waals surface area contributed by atoms with Crippen LogP contribution in [0.3, 0.4) is 0 Å². The Morgan fingerprint density at radius 1 is 1.17 bits per heavy atom. The first-order valence-corrected chi connectivity index (χ1v) is 8.23. The van der Waals surface area contributed by atoms with E-state index in [4.69, 9.17) is 0 Å². The molecule has 0 aliphatic heterocycles. The van der Waals surface area contributed by atoms with Crippen LogP contribution in [-0.4, -0.2) is 43.0 Å². The summed E-state index contributed by atoms with van der Waals surface area (Å²) < 4.78 is 0. The molecule has 2 rings (SSSR count). The maximum atomic E-state index is 12.1. The molecule has 1 aromatic carbocycles. The number of carbonyl (C=O) groups is 1. The van der Waals surface area contributed by atoms with Gasteiger partial charge < -0.3 is 15.5 Å². The first kappa shape index (κ1) is 17.9. The van der Waals surface area contributed by atoms with Crippen LogP contribution in [-0.2, 0) is 11.2 Å². The van der Waals surface area contributed by atoms with Gasteiger partial charge in [-0.25, -0.2) is 4.98 Å². The van der Waals surface area contributed by atoms with E-state index in [-0.39, 0.29) is 5.91 Å². The predicted octanol–water partition coefficient (Wildman–Crippen LogP) is 2.93. The van der Waals surface area contributed by atoms with Crippen molar-refractivity contribution in [1.82, 2.24) is 9.88 Å². The van der Waals surface area contributed by atoms with Gasteiger partial charge in [-0.05, 0) is 57.2 Å². The average molecular weight is 326 g/mol. The lowest BCUT2D eigenvalue weighted by molar-refractivity contribution is -0.115.